The molecule has 1 amide bonds. The van der Waals surface area contributed by atoms with Gasteiger partial charge in [-0.1, -0.05) is 30.3 Å². The fourth-order valence-electron chi connectivity index (χ4n) is 2.62. The van der Waals surface area contributed by atoms with E-state index in [1.807, 2.05) is 18.2 Å². The molecule has 1 aromatic rings. The SMILES string of the molecule is O=C([O-])C=CC(=O)NC1CC[NH+](Cc2ccccc2)CC1. The van der Waals surface area contributed by atoms with Crippen molar-refractivity contribution in [3.8, 4) is 0 Å². The second-order valence-corrected chi connectivity index (χ2v) is 5.35. The van der Waals surface area contributed by atoms with Gasteiger partial charge < -0.3 is 20.1 Å². The predicted molar refractivity (Wildman–Crippen MR) is 76.2 cm³/mol. The minimum atomic E-state index is -1.35. The third-order valence-corrected chi connectivity index (χ3v) is 3.71. The van der Waals surface area contributed by atoms with Crippen molar-refractivity contribution in [2.45, 2.75) is 25.4 Å². The summed E-state index contributed by atoms with van der Waals surface area (Å²) < 4.78 is 0. The molecule has 0 saturated carbocycles. The molecule has 1 saturated heterocycles. The third-order valence-electron chi connectivity index (χ3n) is 3.71. The van der Waals surface area contributed by atoms with Crippen LogP contribution in [0.2, 0.25) is 0 Å². The summed E-state index contributed by atoms with van der Waals surface area (Å²) in [5.74, 6) is -1.72. The number of carboxylic acid groups (broad SMARTS) is 1. The van der Waals surface area contributed by atoms with Crippen molar-refractivity contribution in [3.63, 3.8) is 0 Å². The third kappa shape index (κ3) is 5.39. The fourth-order valence-corrected chi connectivity index (χ4v) is 2.62. The van der Waals surface area contributed by atoms with Crippen molar-refractivity contribution >= 4 is 11.9 Å². The number of amides is 1. The van der Waals surface area contributed by atoms with Crippen LogP contribution >= 0.6 is 0 Å². The average Bonchev–Trinajstić information content (AvgIpc) is 2.48. The van der Waals surface area contributed by atoms with Gasteiger partial charge in [0.25, 0.3) is 0 Å². The molecule has 1 aliphatic rings. The molecule has 0 aromatic heterocycles. The summed E-state index contributed by atoms with van der Waals surface area (Å²) in [6.45, 7) is 3.01. The van der Waals surface area contributed by atoms with Gasteiger partial charge in [0.05, 0.1) is 19.1 Å². The monoisotopic (exact) mass is 288 g/mol. The lowest BCUT2D eigenvalue weighted by atomic mass is 10.0. The summed E-state index contributed by atoms with van der Waals surface area (Å²) in [7, 11) is 0. The lowest BCUT2D eigenvalue weighted by Crippen LogP contribution is -3.12. The first-order chi connectivity index (χ1) is 10.1. The van der Waals surface area contributed by atoms with E-state index in [9.17, 15) is 14.7 Å². The highest BCUT2D eigenvalue weighted by Crippen LogP contribution is 2.01. The summed E-state index contributed by atoms with van der Waals surface area (Å²) in [5.41, 5.74) is 1.33. The Labute approximate surface area is 124 Å². The van der Waals surface area contributed by atoms with E-state index in [4.69, 9.17) is 0 Å². The Kier molecular flexibility index (Phi) is 5.51. The Balaban J connectivity index is 1.73. The van der Waals surface area contributed by atoms with Gasteiger partial charge in [-0.25, -0.2) is 0 Å². The van der Waals surface area contributed by atoms with Crippen molar-refractivity contribution in [2.24, 2.45) is 0 Å². The molecule has 0 radical (unpaired) electrons. The van der Waals surface area contributed by atoms with Gasteiger partial charge in [0, 0.05) is 30.5 Å². The van der Waals surface area contributed by atoms with Gasteiger partial charge in [-0.3, -0.25) is 4.79 Å². The van der Waals surface area contributed by atoms with Crippen LogP contribution in [0, 0.1) is 0 Å². The molecular formula is C16H20N2O3. The maximum Gasteiger partial charge on any atom is 0.244 e. The number of nitrogens with one attached hydrogen (secondary N) is 2. The van der Waals surface area contributed by atoms with Gasteiger partial charge in [-0.15, -0.1) is 0 Å². The number of benzene rings is 1. The minimum absolute atomic E-state index is 0.128. The van der Waals surface area contributed by atoms with Crippen molar-refractivity contribution in [1.29, 1.82) is 0 Å². The summed E-state index contributed by atoms with van der Waals surface area (Å²) >= 11 is 0. The first-order valence-corrected chi connectivity index (χ1v) is 7.20. The lowest BCUT2D eigenvalue weighted by molar-refractivity contribution is -0.918. The zero-order valence-electron chi connectivity index (χ0n) is 11.9. The molecule has 0 bridgehead atoms. The Bertz CT molecular complexity index is 506. The maximum absolute atomic E-state index is 11.5. The van der Waals surface area contributed by atoms with Crippen molar-refractivity contribution < 1.29 is 19.6 Å². The van der Waals surface area contributed by atoms with Gasteiger partial charge in [-0.05, 0) is 6.08 Å². The zero-order valence-corrected chi connectivity index (χ0v) is 11.9. The molecule has 5 heteroatoms. The van der Waals surface area contributed by atoms with Crippen LogP contribution < -0.4 is 15.3 Å². The van der Waals surface area contributed by atoms with E-state index in [1.165, 1.54) is 10.5 Å². The number of rotatable bonds is 5. The molecule has 1 aromatic carbocycles. The molecule has 2 rings (SSSR count). The standard InChI is InChI=1S/C16H20N2O3/c19-15(6-7-16(20)21)17-14-8-10-18(11-9-14)12-13-4-2-1-3-5-13/h1-7,14H,8-12H2,(H,17,19)(H,20,21). The van der Waals surface area contributed by atoms with Crippen LogP contribution in [-0.4, -0.2) is 31.0 Å². The molecule has 0 atom stereocenters. The molecule has 1 fully saturated rings. The van der Waals surface area contributed by atoms with Crippen LogP contribution in [0.5, 0.6) is 0 Å². The summed E-state index contributed by atoms with van der Waals surface area (Å²) in [6, 6.07) is 10.5. The number of hydrogen-bond donors (Lipinski definition) is 2. The fraction of sp³-hybridized carbons (Fsp3) is 0.375. The number of hydrogen-bond acceptors (Lipinski definition) is 3. The number of carboxylic acids is 1. The molecule has 0 aliphatic carbocycles. The number of aliphatic carboxylic acids is 1. The van der Waals surface area contributed by atoms with Crippen LogP contribution in [0.15, 0.2) is 42.5 Å². The molecular weight excluding hydrogens is 268 g/mol. The van der Waals surface area contributed by atoms with Gasteiger partial charge in [0.1, 0.15) is 6.54 Å². The molecule has 1 heterocycles. The minimum Gasteiger partial charge on any atom is -0.545 e. The second-order valence-electron chi connectivity index (χ2n) is 5.35. The van der Waals surface area contributed by atoms with E-state index in [0.717, 1.165) is 44.6 Å². The predicted octanol–water partition coefficient (Wildman–Crippen LogP) is -1.34. The normalized spacial score (nSPS) is 22.1. The molecule has 1 aliphatic heterocycles. The quantitative estimate of drug-likeness (QED) is 0.658. The Morgan fingerprint density at radius 1 is 1.19 bits per heavy atom. The number of quaternary nitrogens is 1. The van der Waals surface area contributed by atoms with E-state index in [0.29, 0.717) is 0 Å². The van der Waals surface area contributed by atoms with Crippen molar-refractivity contribution in [1.82, 2.24) is 5.32 Å². The van der Waals surface area contributed by atoms with Crippen LogP contribution in [0.4, 0.5) is 0 Å². The summed E-state index contributed by atoms with van der Waals surface area (Å²) in [4.78, 5) is 23.2. The molecule has 112 valence electrons. The number of carbonyl (C=O) groups excluding carboxylic acids is 2. The highest BCUT2D eigenvalue weighted by atomic mass is 16.4. The first-order valence-electron chi connectivity index (χ1n) is 7.20. The molecule has 0 spiro atoms. The summed E-state index contributed by atoms with van der Waals surface area (Å²) in [5, 5.41) is 13.1. The van der Waals surface area contributed by atoms with E-state index in [1.54, 1.807) is 0 Å². The van der Waals surface area contributed by atoms with Crippen molar-refractivity contribution in [2.75, 3.05) is 13.1 Å². The second kappa shape index (κ2) is 7.59. The molecule has 0 unspecified atom stereocenters. The van der Waals surface area contributed by atoms with Crippen LogP contribution in [0.25, 0.3) is 0 Å². The highest BCUT2D eigenvalue weighted by Gasteiger charge is 2.22. The van der Waals surface area contributed by atoms with Crippen LogP contribution in [0.3, 0.4) is 0 Å². The Morgan fingerprint density at radius 3 is 2.48 bits per heavy atom. The van der Waals surface area contributed by atoms with Crippen LogP contribution in [0.1, 0.15) is 18.4 Å². The van der Waals surface area contributed by atoms with E-state index in [2.05, 4.69) is 17.4 Å². The van der Waals surface area contributed by atoms with Gasteiger partial charge >= 0.3 is 0 Å². The first kappa shape index (κ1) is 15.3. The smallest absolute Gasteiger partial charge is 0.244 e. The Hall–Kier alpha value is -2.14. The molecule has 2 N–H and O–H groups in total. The number of likely N-dealkylation sites (tertiary alicyclic amines) is 1. The number of piperidine rings is 1. The molecule has 5 nitrogen and oxygen atoms in total. The maximum atomic E-state index is 11.5. The Morgan fingerprint density at radius 2 is 1.86 bits per heavy atom. The van der Waals surface area contributed by atoms with E-state index in [-0.39, 0.29) is 11.9 Å². The topological polar surface area (TPSA) is 73.7 Å². The highest BCUT2D eigenvalue weighted by molar-refractivity contribution is 5.93. The van der Waals surface area contributed by atoms with Crippen molar-refractivity contribution in [3.05, 3.63) is 48.0 Å². The summed E-state index contributed by atoms with van der Waals surface area (Å²) in [6.07, 6.45) is 3.59. The lowest BCUT2D eigenvalue weighted by Gasteiger charge is -2.29. The largest absolute Gasteiger partial charge is 0.545 e. The number of carbonyl (C=O) groups is 2. The van der Waals surface area contributed by atoms with Crippen LogP contribution in [-0.2, 0) is 16.1 Å². The van der Waals surface area contributed by atoms with E-state index < -0.39 is 5.97 Å². The molecule has 21 heavy (non-hydrogen) atoms. The zero-order chi connectivity index (χ0) is 15.1. The van der Waals surface area contributed by atoms with Gasteiger partial charge in [0.15, 0.2) is 0 Å². The van der Waals surface area contributed by atoms with E-state index >= 15 is 0 Å². The van der Waals surface area contributed by atoms with Gasteiger partial charge in [-0.2, -0.15) is 0 Å². The van der Waals surface area contributed by atoms with Gasteiger partial charge in [0.2, 0.25) is 5.91 Å². The average molecular weight is 288 g/mol.